The number of aryl methyl sites for hydroxylation is 1. The number of carbonyl (C=O) groups excluding carboxylic acids is 1. The van der Waals surface area contributed by atoms with Gasteiger partial charge in [0.1, 0.15) is 0 Å². The van der Waals surface area contributed by atoms with Crippen LogP contribution in [0.15, 0.2) is 53.8 Å². The number of benzene rings is 1. The fourth-order valence-electron chi connectivity index (χ4n) is 2.88. The van der Waals surface area contributed by atoms with Gasteiger partial charge < -0.3 is 5.32 Å². The first-order valence-corrected chi connectivity index (χ1v) is 9.62. The molecule has 1 amide bonds. The Morgan fingerprint density at radius 2 is 2.04 bits per heavy atom. The maximum absolute atomic E-state index is 12.6. The molecule has 136 valence electrons. The maximum atomic E-state index is 12.6. The summed E-state index contributed by atoms with van der Waals surface area (Å²) in [5, 5.41) is 13.0. The number of hydrogen-bond donors (Lipinski definition) is 1. The molecule has 0 saturated heterocycles. The fraction of sp³-hybridized carbons (Fsp3) is 0.158. The normalized spacial score (nSPS) is 12.4. The minimum atomic E-state index is -0.395. The number of thioether (sulfide) groups is 1. The average Bonchev–Trinajstić information content (AvgIpc) is 3.06. The van der Waals surface area contributed by atoms with Gasteiger partial charge in [0.05, 0.1) is 16.5 Å². The van der Waals surface area contributed by atoms with Crippen LogP contribution in [-0.4, -0.2) is 30.7 Å². The molecule has 4 aromatic rings. The summed E-state index contributed by atoms with van der Waals surface area (Å²) in [6.45, 7) is 3.87. The molecule has 4 rings (SSSR count). The topological polar surface area (TPSA) is 72.2 Å². The molecule has 0 aliphatic heterocycles. The molecule has 6 nitrogen and oxygen atoms in total. The van der Waals surface area contributed by atoms with E-state index in [0.29, 0.717) is 10.8 Å². The molecule has 3 aromatic heterocycles. The molecule has 0 saturated carbocycles. The number of hydrogen-bond acceptors (Lipinski definition) is 5. The molecule has 3 heterocycles. The van der Waals surface area contributed by atoms with Gasteiger partial charge in [-0.25, -0.2) is 4.98 Å². The standard InChI is InChI=1S/C19H16ClN5OS/c1-11-10-16-23-24-19(25(16)15-8-4-3-6-13(11)15)27-12(2)18(26)22-14-7-5-9-21-17(14)20/h3-10,12H,1-2H3,(H,22,26). The van der Waals surface area contributed by atoms with Crippen LogP contribution in [0.25, 0.3) is 16.6 Å². The molecule has 8 heteroatoms. The number of pyridine rings is 2. The molecule has 1 aromatic carbocycles. The summed E-state index contributed by atoms with van der Waals surface area (Å²) in [4.78, 5) is 16.5. The second kappa shape index (κ2) is 7.17. The smallest absolute Gasteiger partial charge is 0.237 e. The molecule has 1 atom stereocenters. The molecule has 1 N–H and O–H groups in total. The highest BCUT2D eigenvalue weighted by molar-refractivity contribution is 8.00. The van der Waals surface area contributed by atoms with Gasteiger partial charge in [-0.15, -0.1) is 10.2 Å². The summed E-state index contributed by atoms with van der Waals surface area (Å²) in [7, 11) is 0. The van der Waals surface area contributed by atoms with Crippen LogP contribution in [0.4, 0.5) is 5.69 Å². The zero-order valence-electron chi connectivity index (χ0n) is 14.7. The first-order chi connectivity index (χ1) is 13.0. The third kappa shape index (κ3) is 3.36. The van der Waals surface area contributed by atoms with E-state index in [1.165, 1.54) is 11.8 Å². The van der Waals surface area contributed by atoms with E-state index in [2.05, 4.69) is 33.5 Å². The Labute approximate surface area is 165 Å². The SMILES string of the molecule is Cc1cc2nnc(SC(C)C(=O)Nc3cccnc3Cl)n2c2ccccc12. The lowest BCUT2D eigenvalue weighted by Gasteiger charge is -2.12. The summed E-state index contributed by atoms with van der Waals surface area (Å²) in [6.07, 6.45) is 1.58. The zero-order chi connectivity index (χ0) is 19.0. The van der Waals surface area contributed by atoms with Gasteiger partial charge in [0.15, 0.2) is 16.0 Å². The minimum absolute atomic E-state index is 0.178. The van der Waals surface area contributed by atoms with Crippen LogP contribution < -0.4 is 5.32 Å². The van der Waals surface area contributed by atoms with Gasteiger partial charge in [-0.3, -0.25) is 9.20 Å². The van der Waals surface area contributed by atoms with Crippen LogP contribution in [0.5, 0.6) is 0 Å². The number of nitrogens with one attached hydrogen (secondary N) is 1. The molecule has 0 aliphatic rings. The second-order valence-electron chi connectivity index (χ2n) is 6.11. The number of fused-ring (bicyclic) bond motifs is 3. The van der Waals surface area contributed by atoms with Gasteiger partial charge in [-0.2, -0.15) is 0 Å². The Morgan fingerprint density at radius 3 is 2.85 bits per heavy atom. The Bertz CT molecular complexity index is 1160. The van der Waals surface area contributed by atoms with E-state index in [-0.39, 0.29) is 11.1 Å². The lowest BCUT2D eigenvalue weighted by Crippen LogP contribution is -2.23. The Morgan fingerprint density at radius 1 is 1.22 bits per heavy atom. The molecule has 0 radical (unpaired) electrons. The van der Waals surface area contributed by atoms with E-state index in [9.17, 15) is 4.79 Å². The van der Waals surface area contributed by atoms with Crippen molar-refractivity contribution in [3.8, 4) is 0 Å². The predicted molar refractivity (Wildman–Crippen MR) is 108 cm³/mol. The molecular weight excluding hydrogens is 382 g/mol. The first kappa shape index (κ1) is 17.8. The summed E-state index contributed by atoms with van der Waals surface area (Å²) >= 11 is 7.36. The lowest BCUT2D eigenvalue weighted by molar-refractivity contribution is -0.115. The average molecular weight is 398 g/mol. The highest BCUT2D eigenvalue weighted by Crippen LogP contribution is 2.28. The fourth-order valence-corrected chi connectivity index (χ4v) is 3.91. The molecule has 0 aliphatic carbocycles. The van der Waals surface area contributed by atoms with Crippen molar-refractivity contribution in [3.05, 3.63) is 59.4 Å². The maximum Gasteiger partial charge on any atom is 0.237 e. The highest BCUT2D eigenvalue weighted by atomic mass is 35.5. The number of para-hydroxylation sites is 1. The van der Waals surface area contributed by atoms with Gasteiger partial charge in [0.2, 0.25) is 5.91 Å². The van der Waals surface area contributed by atoms with Crippen molar-refractivity contribution in [1.82, 2.24) is 19.6 Å². The lowest BCUT2D eigenvalue weighted by atomic mass is 10.1. The quantitative estimate of drug-likeness (QED) is 0.409. The van der Waals surface area contributed by atoms with Crippen molar-refractivity contribution in [2.45, 2.75) is 24.3 Å². The van der Waals surface area contributed by atoms with Crippen LogP contribution in [0.2, 0.25) is 5.15 Å². The molecule has 0 fully saturated rings. The van der Waals surface area contributed by atoms with Gasteiger partial charge in [-0.1, -0.05) is 41.6 Å². The van der Waals surface area contributed by atoms with Crippen molar-refractivity contribution < 1.29 is 4.79 Å². The molecule has 27 heavy (non-hydrogen) atoms. The number of aromatic nitrogens is 4. The predicted octanol–water partition coefficient (Wildman–Crippen LogP) is 4.36. The van der Waals surface area contributed by atoms with Crippen molar-refractivity contribution in [3.63, 3.8) is 0 Å². The summed E-state index contributed by atoms with van der Waals surface area (Å²) < 4.78 is 1.98. The van der Waals surface area contributed by atoms with Gasteiger partial charge in [0, 0.05) is 11.6 Å². The molecule has 1 unspecified atom stereocenters. The van der Waals surface area contributed by atoms with E-state index >= 15 is 0 Å². The van der Waals surface area contributed by atoms with E-state index in [4.69, 9.17) is 11.6 Å². The Kier molecular flexibility index (Phi) is 4.72. The Hall–Kier alpha value is -2.64. The first-order valence-electron chi connectivity index (χ1n) is 8.36. The summed E-state index contributed by atoms with van der Waals surface area (Å²) in [6, 6.07) is 13.5. The number of anilines is 1. The van der Waals surface area contributed by atoms with Gasteiger partial charge in [0.25, 0.3) is 0 Å². The van der Waals surface area contributed by atoms with Crippen molar-refractivity contribution in [1.29, 1.82) is 0 Å². The minimum Gasteiger partial charge on any atom is -0.322 e. The largest absolute Gasteiger partial charge is 0.322 e. The monoisotopic (exact) mass is 397 g/mol. The van der Waals surface area contributed by atoms with E-state index in [1.807, 2.05) is 35.6 Å². The van der Waals surface area contributed by atoms with Crippen molar-refractivity contribution in [2.75, 3.05) is 5.32 Å². The number of halogens is 1. The second-order valence-corrected chi connectivity index (χ2v) is 7.78. The van der Waals surface area contributed by atoms with E-state index < -0.39 is 5.25 Å². The van der Waals surface area contributed by atoms with Gasteiger partial charge >= 0.3 is 0 Å². The van der Waals surface area contributed by atoms with Crippen LogP contribution in [0.3, 0.4) is 0 Å². The number of nitrogens with zero attached hydrogens (tertiary/aromatic N) is 4. The zero-order valence-corrected chi connectivity index (χ0v) is 16.3. The van der Waals surface area contributed by atoms with Crippen LogP contribution in [0.1, 0.15) is 12.5 Å². The van der Waals surface area contributed by atoms with Crippen LogP contribution in [-0.2, 0) is 4.79 Å². The Balaban J connectivity index is 1.64. The van der Waals surface area contributed by atoms with Gasteiger partial charge in [-0.05, 0) is 43.7 Å². The number of amides is 1. The third-order valence-corrected chi connectivity index (χ3v) is 5.59. The van der Waals surface area contributed by atoms with Crippen LogP contribution >= 0.6 is 23.4 Å². The molecule has 0 bridgehead atoms. The molecular formula is C19H16ClN5OS. The molecule has 0 spiro atoms. The number of carbonyl (C=O) groups is 1. The summed E-state index contributed by atoms with van der Waals surface area (Å²) in [5.74, 6) is -0.178. The third-order valence-electron chi connectivity index (χ3n) is 4.24. The number of rotatable bonds is 4. The highest BCUT2D eigenvalue weighted by Gasteiger charge is 2.20. The van der Waals surface area contributed by atoms with Crippen molar-refractivity contribution in [2.24, 2.45) is 0 Å². The van der Waals surface area contributed by atoms with Crippen molar-refractivity contribution >= 4 is 51.5 Å². The van der Waals surface area contributed by atoms with E-state index in [1.54, 1.807) is 18.3 Å². The van der Waals surface area contributed by atoms with E-state index in [0.717, 1.165) is 22.1 Å². The summed E-state index contributed by atoms with van der Waals surface area (Å²) in [5.41, 5.74) is 3.40. The van der Waals surface area contributed by atoms with Crippen LogP contribution in [0, 0.1) is 6.92 Å².